The first kappa shape index (κ1) is 16.3. The normalized spacial score (nSPS) is 27.5. The second kappa shape index (κ2) is 6.91. The van der Waals surface area contributed by atoms with Gasteiger partial charge in [0, 0.05) is 5.54 Å². The Hall–Kier alpha value is -1.55. The van der Waals surface area contributed by atoms with Gasteiger partial charge in [-0.15, -0.1) is 0 Å². The highest BCUT2D eigenvalue weighted by Crippen LogP contribution is 2.48. The van der Waals surface area contributed by atoms with Gasteiger partial charge in [0.15, 0.2) is 0 Å². The van der Waals surface area contributed by atoms with Crippen LogP contribution in [-0.2, 0) is 11.3 Å². The molecule has 1 N–H and O–H groups in total. The van der Waals surface area contributed by atoms with E-state index < -0.39 is 0 Å². The number of carbonyl (C=O) groups is 1. The number of rotatable bonds is 5. The smallest absolute Gasteiger partial charge is 0.410 e. The summed E-state index contributed by atoms with van der Waals surface area (Å²) in [4.78, 5) is 14.6. The van der Waals surface area contributed by atoms with Gasteiger partial charge in [0.25, 0.3) is 0 Å². The number of fused-ring (bicyclic) bond motifs is 3. The highest BCUT2D eigenvalue weighted by Gasteiger charge is 2.48. The van der Waals surface area contributed by atoms with Crippen molar-refractivity contribution >= 4 is 6.09 Å². The van der Waals surface area contributed by atoms with E-state index in [1.54, 1.807) is 0 Å². The molecule has 0 aromatic heterocycles. The first-order chi connectivity index (χ1) is 11.1. The molecule has 3 fully saturated rings. The number of carbonyl (C=O) groups excluding carboxylic acids is 1. The van der Waals surface area contributed by atoms with Crippen LogP contribution in [0.15, 0.2) is 30.3 Å². The summed E-state index contributed by atoms with van der Waals surface area (Å²) in [5.74, 6) is 0.837. The third kappa shape index (κ3) is 3.37. The zero-order valence-corrected chi connectivity index (χ0v) is 13.9. The van der Waals surface area contributed by atoms with Crippen LogP contribution in [0.2, 0.25) is 0 Å². The molecule has 4 rings (SSSR count). The molecule has 1 amide bonds. The zero-order chi connectivity index (χ0) is 16.3. The van der Waals surface area contributed by atoms with Gasteiger partial charge in [-0.2, -0.15) is 0 Å². The molecule has 0 heterocycles. The fourth-order valence-corrected chi connectivity index (χ4v) is 4.30. The van der Waals surface area contributed by atoms with Crippen molar-refractivity contribution in [1.29, 1.82) is 0 Å². The molecule has 0 aliphatic heterocycles. The molecule has 1 aromatic rings. The third-order valence-electron chi connectivity index (χ3n) is 5.67. The molecule has 4 heteroatoms. The summed E-state index contributed by atoms with van der Waals surface area (Å²) in [5.41, 5.74) is 0.882. The standard InChI is InChI=1S/C19H27NO3/c1-15(13-21)20(19-10-7-16(8-11-19)9-12-19)18(22)23-14-17-5-3-2-4-6-17/h2-6,15-16,21H,7-14H2,1H3. The molecule has 0 spiro atoms. The van der Waals surface area contributed by atoms with E-state index in [9.17, 15) is 9.90 Å². The van der Waals surface area contributed by atoms with E-state index >= 15 is 0 Å². The zero-order valence-electron chi connectivity index (χ0n) is 13.9. The van der Waals surface area contributed by atoms with Crippen molar-refractivity contribution in [3.8, 4) is 0 Å². The lowest BCUT2D eigenvalue weighted by atomic mass is 9.65. The number of aliphatic hydroxyl groups excluding tert-OH is 1. The van der Waals surface area contributed by atoms with E-state index in [1.807, 2.05) is 42.2 Å². The molecule has 1 unspecified atom stereocenters. The molecule has 0 saturated heterocycles. The Kier molecular flexibility index (Phi) is 4.90. The Morgan fingerprint density at radius 1 is 1.26 bits per heavy atom. The molecular weight excluding hydrogens is 290 g/mol. The van der Waals surface area contributed by atoms with E-state index in [1.165, 1.54) is 19.3 Å². The van der Waals surface area contributed by atoms with E-state index in [-0.39, 0.29) is 30.9 Å². The van der Waals surface area contributed by atoms with Crippen LogP contribution in [0.5, 0.6) is 0 Å². The van der Waals surface area contributed by atoms with E-state index in [0.29, 0.717) is 0 Å². The molecule has 3 saturated carbocycles. The van der Waals surface area contributed by atoms with Crippen LogP contribution in [0.3, 0.4) is 0 Å². The first-order valence-corrected chi connectivity index (χ1v) is 8.75. The van der Waals surface area contributed by atoms with Crippen LogP contribution in [0.1, 0.15) is 51.0 Å². The largest absolute Gasteiger partial charge is 0.445 e. The second-order valence-corrected chi connectivity index (χ2v) is 7.15. The number of nitrogens with zero attached hydrogens (tertiary/aromatic N) is 1. The van der Waals surface area contributed by atoms with Crippen molar-refractivity contribution in [2.75, 3.05) is 6.61 Å². The van der Waals surface area contributed by atoms with Crippen LogP contribution in [0, 0.1) is 5.92 Å². The number of ether oxygens (including phenoxy) is 1. The van der Waals surface area contributed by atoms with Gasteiger partial charge in [0.05, 0.1) is 12.6 Å². The van der Waals surface area contributed by atoms with Gasteiger partial charge in [-0.1, -0.05) is 30.3 Å². The summed E-state index contributed by atoms with van der Waals surface area (Å²) in [5, 5.41) is 9.64. The van der Waals surface area contributed by atoms with Gasteiger partial charge in [0.2, 0.25) is 0 Å². The van der Waals surface area contributed by atoms with Crippen LogP contribution >= 0.6 is 0 Å². The number of amides is 1. The molecule has 3 aliphatic carbocycles. The van der Waals surface area contributed by atoms with Crippen molar-refractivity contribution in [3.63, 3.8) is 0 Å². The predicted octanol–water partition coefficient (Wildman–Crippen LogP) is 3.73. The molecular formula is C19H27NO3. The Bertz CT molecular complexity index is 509. The minimum atomic E-state index is -0.282. The van der Waals surface area contributed by atoms with Crippen LogP contribution in [0.4, 0.5) is 4.79 Å². The molecule has 2 bridgehead atoms. The van der Waals surface area contributed by atoms with Crippen molar-refractivity contribution in [1.82, 2.24) is 4.90 Å². The molecule has 3 aliphatic rings. The lowest BCUT2D eigenvalue weighted by Gasteiger charge is -2.53. The van der Waals surface area contributed by atoms with E-state index in [4.69, 9.17) is 4.74 Å². The monoisotopic (exact) mass is 317 g/mol. The lowest BCUT2D eigenvalue weighted by molar-refractivity contribution is -0.0420. The van der Waals surface area contributed by atoms with Crippen molar-refractivity contribution in [3.05, 3.63) is 35.9 Å². The Labute approximate surface area is 138 Å². The molecule has 0 radical (unpaired) electrons. The van der Waals surface area contributed by atoms with Crippen molar-refractivity contribution in [2.24, 2.45) is 5.92 Å². The molecule has 1 aromatic carbocycles. The number of hydrogen-bond acceptors (Lipinski definition) is 3. The average molecular weight is 317 g/mol. The third-order valence-corrected chi connectivity index (χ3v) is 5.67. The number of benzene rings is 1. The van der Waals surface area contributed by atoms with Gasteiger partial charge >= 0.3 is 6.09 Å². The Morgan fingerprint density at radius 3 is 2.43 bits per heavy atom. The fraction of sp³-hybridized carbons (Fsp3) is 0.632. The predicted molar refractivity (Wildman–Crippen MR) is 88.9 cm³/mol. The topological polar surface area (TPSA) is 49.8 Å². The maximum atomic E-state index is 12.8. The molecule has 126 valence electrons. The number of hydrogen-bond donors (Lipinski definition) is 1. The summed E-state index contributed by atoms with van der Waals surface area (Å²) in [7, 11) is 0. The fourth-order valence-electron chi connectivity index (χ4n) is 4.30. The molecule has 1 atom stereocenters. The highest BCUT2D eigenvalue weighted by molar-refractivity contribution is 5.69. The van der Waals surface area contributed by atoms with Crippen molar-refractivity contribution < 1.29 is 14.6 Å². The quantitative estimate of drug-likeness (QED) is 0.900. The minimum Gasteiger partial charge on any atom is -0.445 e. The lowest BCUT2D eigenvalue weighted by Crippen LogP contribution is -2.60. The number of aliphatic hydroxyl groups is 1. The van der Waals surface area contributed by atoms with E-state index in [2.05, 4.69) is 0 Å². The van der Waals surface area contributed by atoms with Gasteiger partial charge in [-0.05, 0) is 56.9 Å². The molecule has 4 nitrogen and oxygen atoms in total. The van der Waals surface area contributed by atoms with Gasteiger partial charge in [0.1, 0.15) is 6.61 Å². The highest BCUT2D eigenvalue weighted by atomic mass is 16.6. The summed E-state index contributed by atoms with van der Waals surface area (Å²) in [6.45, 7) is 2.18. The van der Waals surface area contributed by atoms with Crippen molar-refractivity contribution in [2.45, 2.75) is 63.6 Å². The van der Waals surface area contributed by atoms with Gasteiger partial charge in [-0.3, -0.25) is 4.90 Å². The summed E-state index contributed by atoms with van der Waals surface area (Å²) in [6, 6.07) is 9.55. The summed E-state index contributed by atoms with van der Waals surface area (Å²) < 4.78 is 5.59. The van der Waals surface area contributed by atoms with Crippen LogP contribution in [0.25, 0.3) is 0 Å². The minimum absolute atomic E-state index is 0.0222. The van der Waals surface area contributed by atoms with Gasteiger partial charge < -0.3 is 9.84 Å². The summed E-state index contributed by atoms with van der Waals surface area (Å²) in [6.07, 6.45) is 6.44. The maximum Gasteiger partial charge on any atom is 0.410 e. The van der Waals surface area contributed by atoms with Gasteiger partial charge in [-0.25, -0.2) is 4.79 Å². The van der Waals surface area contributed by atoms with Crippen LogP contribution < -0.4 is 0 Å². The average Bonchev–Trinajstić information content (AvgIpc) is 2.62. The van der Waals surface area contributed by atoms with Crippen LogP contribution in [-0.4, -0.2) is 34.3 Å². The summed E-state index contributed by atoms with van der Waals surface area (Å²) >= 11 is 0. The molecule has 23 heavy (non-hydrogen) atoms. The Morgan fingerprint density at radius 2 is 1.87 bits per heavy atom. The first-order valence-electron chi connectivity index (χ1n) is 8.75. The Balaban J connectivity index is 1.72. The SMILES string of the molecule is CC(CO)N(C(=O)OCc1ccccc1)C12CCC(CC1)CC2. The second-order valence-electron chi connectivity index (χ2n) is 7.15. The maximum absolute atomic E-state index is 12.8. The van der Waals surface area contributed by atoms with E-state index in [0.717, 1.165) is 30.7 Å².